The van der Waals surface area contributed by atoms with Crippen LogP contribution in [-0.2, 0) is 4.74 Å². The van der Waals surface area contributed by atoms with Gasteiger partial charge < -0.3 is 15.0 Å². The van der Waals surface area contributed by atoms with Gasteiger partial charge in [0.2, 0.25) is 0 Å². The molecule has 0 amide bonds. The van der Waals surface area contributed by atoms with Gasteiger partial charge in [0, 0.05) is 12.6 Å². The zero-order valence-electron chi connectivity index (χ0n) is 11.7. The van der Waals surface area contributed by atoms with Gasteiger partial charge in [0.25, 0.3) is 0 Å². The number of nitrogens with one attached hydrogen (secondary N) is 1. The van der Waals surface area contributed by atoms with Crippen LogP contribution in [0.5, 0.6) is 0 Å². The van der Waals surface area contributed by atoms with Crippen molar-refractivity contribution in [1.82, 2.24) is 9.88 Å². The number of anilines is 1. The van der Waals surface area contributed by atoms with Gasteiger partial charge in [-0.2, -0.15) is 0 Å². The van der Waals surface area contributed by atoms with Gasteiger partial charge in [0.1, 0.15) is 4.88 Å². The lowest BCUT2D eigenvalue weighted by molar-refractivity contribution is 0.0605. The minimum absolute atomic E-state index is 0.308. The fourth-order valence-corrected chi connectivity index (χ4v) is 3.25. The normalized spacial score (nSPS) is 20.3. The molecule has 0 bridgehead atoms. The summed E-state index contributed by atoms with van der Waals surface area (Å²) in [5.41, 5.74) is 0.733. The Bertz CT molecular complexity index is 447. The average Bonchev–Trinajstić information content (AvgIpc) is 2.78. The van der Waals surface area contributed by atoms with E-state index in [0.717, 1.165) is 23.9 Å². The third kappa shape index (κ3) is 3.45. The Labute approximate surface area is 118 Å². The van der Waals surface area contributed by atoms with Crippen LogP contribution in [0.4, 0.5) is 5.13 Å². The number of likely N-dealkylation sites (tertiary alicyclic amines) is 1. The number of aryl methyl sites for hydroxylation is 1. The van der Waals surface area contributed by atoms with Crippen molar-refractivity contribution in [2.45, 2.75) is 32.2 Å². The fourth-order valence-electron chi connectivity index (χ4n) is 2.36. The van der Waals surface area contributed by atoms with Crippen molar-refractivity contribution in [2.75, 3.05) is 32.6 Å². The van der Waals surface area contributed by atoms with Gasteiger partial charge in [0.05, 0.1) is 12.8 Å². The summed E-state index contributed by atoms with van der Waals surface area (Å²) in [6.07, 6.45) is 3.80. The topological polar surface area (TPSA) is 54.5 Å². The maximum absolute atomic E-state index is 11.5. The van der Waals surface area contributed by atoms with E-state index in [1.165, 1.54) is 37.7 Å². The molecule has 0 spiro atoms. The van der Waals surface area contributed by atoms with Gasteiger partial charge in [0.15, 0.2) is 5.13 Å². The summed E-state index contributed by atoms with van der Waals surface area (Å²) in [5.74, 6) is -0.308. The zero-order chi connectivity index (χ0) is 13.8. The number of rotatable bonds is 4. The molecule has 1 aliphatic heterocycles. The van der Waals surface area contributed by atoms with Crippen LogP contribution in [0.25, 0.3) is 0 Å². The molecule has 1 N–H and O–H groups in total. The number of piperidine rings is 1. The van der Waals surface area contributed by atoms with E-state index in [1.807, 2.05) is 6.92 Å². The van der Waals surface area contributed by atoms with Gasteiger partial charge in [-0.25, -0.2) is 9.78 Å². The molecule has 1 aromatic heterocycles. The van der Waals surface area contributed by atoms with Crippen LogP contribution >= 0.6 is 11.3 Å². The minimum atomic E-state index is -0.308. The van der Waals surface area contributed by atoms with Crippen LogP contribution in [0.15, 0.2) is 0 Å². The second-order valence-corrected chi connectivity index (χ2v) is 5.94. The van der Waals surface area contributed by atoms with Gasteiger partial charge in [-0.3, -0.25) is 0 Å². The van der Waals surface area contributed by atoms with E-state index in [1.54, 1.807) is 0 Å². The molecule has 1 aliphatic rings. The Morgan fingerprint density at radius 2 is 2.37 bits per heavy atom. The average molecular weight is 283 g/mol. The number of hydrogen-bond donors (Lipinski definition) is 1. The highest BCUT2D eigenvalue weighted by atomic mass is 32.1. The fraction of sp³-hybridized carbons (Fsp3) is 0.692. The lowest BCUT2D eigenvalue weighted by Gasteiger charge is -2.32. The molecule has 2 rings (SSSR count). The van der Waals surface area contributed by atoms with Crippen LogP contribution in [-0.4, -0.2) is 49.1 Å². The number of esters is 1. The van der Waals surface area contributed by atoms with Crippen molar-refractivity contribution in [2.24, 2.45) is 0 Å². The van der Waals surface area contributed by atoms with Crippen LogP contribution < -0.4 is 5.32 Å². The number of ether oxygens (including phenoxy) is 1. The number of likely N-dealkylation sites (N-methyl/N-ethyl adjacent to an activating group) is 1. The van der Waals surface area contributed by atoms with Crippen molar-refractivity contribution >= 4 is 22.4 Å². The lowest BCUT2D eigenvalue weighted by Crippen LogP contribution is -2.40. The molecule has 1 atom stereocenters. The predicted molar refractivity (Wildman–Crippen MR) is 76.9 cm³/mol. The summed E-state index contributed by atoms with van der Waals surface area (Å²) in [7, 11) is 3.56. The molecule has 1 saturated heterocycles. The first-order valence-electron chi connectivity index (χ1n) is 6.61. The molecular weight excluding hydrogens is 262 g/mol. The quantitative estimate of drug-likeness (QED) is 0.858. The number of carbonyl (C=O) groups is 1. The van der Waals surface area contributed by atoms with E-state index >= 15 is 0 Å². The SMILES string of the molecule is COC(=O)c1sc(NCC2CCCCN2C)nc1C. The number of thiazole rings is 1. The summed E-state index contributed by atoms with van der Waals surface area (Å²) in [4.78, 5) is 18.9. The molecule has 1 aromatic rings. The van der Waals surface area contributed by atoms with Crippen LogP contribution in [0.2, 0.25) is 0 Å². The van der Waals surface area contributed by atoms with Crippen molar-refractivity contribution in [3.8, 4) is 0 Å². The molecule has 106 valence electrons. The van der Waals surface area contributed by atoms with Crippen LogP contribution in [0.1, 0.15) is 34.6 Å². The van der Waals surface area contributed by atoms with Crippen molar-refractivity contribution < 1.29 is 9.53 Å². The highest BCUT2D eigenvalue weighted by Crippen LogP contribution is 2.24. The van der Waals surface area contributed by atoms with Crippen molar-refractivity contribution in [1.29, 1.82) is 0 Å². The molecule has 1 unspecified atom stereocenters. The van der Waals surface area contributed by atoms with Crippen LogP contribution in [0, 0.1) is 6.92 Å². The Kier molecular flexibility index (Phi) is 4.76. The second kappa shape index (κ2) is 6.34. The summed E-state index contributed by atoms with van der Waals surface area (Å²) in [6, 6.07) is 0.555. The monoisotopic (exact) mass is 283 g/mol. The Morgan fingerprint density at radius 3 is 3.05 bits per heavy atom. The number of methoxy groups -OCH3 is 1. The van der Waals surface area contributed by atoms with E-state index in [0.29, 0.717) is 10.9 Å². The third-order valence-corrected chi connectivity index (χ3v) is 4.67. The minimum Gasteiger partial charge on any atom is -0.465 e. The Hall–Kier alpha value is -1.14. The molecule has 19 heavy (non-hydrogen) atoms. The molecular formula is C13H21N3O2S. The van der Waals surface area contributed by atoms with E-state index in [4.69, 9.17) is 4.74 Å². The first-order chi connectivity index (χ1) is 9.11. The smallest absolute Gasteiger partial charge is 0.350 e. The molecule has 6 heteroatoms. The second-order valence-electron chi connectivity index (χ2n) is 4.94. The Morgan fingerprint density at radius 1 is 1.58 bits per heavy atom. The predicted octanol–water partition coefficient (Wildman–Crippen LogP) is 2.13. The number of aromatic nitrogens is 1. The zero-order valence-corrected chi connectivity index (χ0v) is 12.5. The number of nitrogens with zero attached hydrogens (tertiary/aromatic N) is 2. The van der Waals surface area contributed by atoms with Gasteiger partial charge >= 0.3 is 5.97 Å². The highest BCUT2D eigenvalue weighted by Gasteiger charge is 2.20. The van der Waals surface area contributed by atoms with E-state index in [9.17, 15) is 4.79 Å². The molecule has 5 nitrogen and oxygen atoms in total. The summed E-state index contributed by atoms with van der Waals surface area (Å²) < 4.78 is 4.74. The highest BCUT2D eigenvalue weighted by molar-refractivity contribution is 7.17. The maximum Gasteiger partial charge on any atom is 0.350 e. The van der Waals surface area contributed by atoms with Crippen molar-refractivity contribution in [3.63, 3.8) is 0 Å². The third-order valence-electron chi connectivity index (χ3n) is 3.58. The number of hydrogen-bond acceptors (Lipinski definition) is 6. The van der Waals surface area contributed by atoms with Crippen molar-refractivity contribution in [3.05, 3.63) is 10.6 Å². The first kappa shape index (κ1) is 14.3. The van der Waals surface area contributed by atoms with E-state index < -0.39 is 0 Å². The largest absolute Gasteiger partial charge is 0.465 e. The van der Waals surface area contributed by atoms with E-state index in [2.05, 4.69) is 22.2 Å². The molecule has 0 aromatic carbocycles. The summed E-state index contributed by atoms with van der Waals surface area (Å²) >= 11 is 1.37. The maximum atomic E-state index is 11.5. The molecule has 2 heterocycles. The van der Waals surface area contributed by atoms with Gasteiger partial charge in [-0.1, -0.05) is 17.8 Å². The Balaban J connectivity index is 1.94. The summed E-state index contributed by atoms with van der Waals surface area (Å²) in [5, 5.41) is 4.15. The van der Waals surface area contributed by atoms with Crippen LogP contribution in [0.3, 0.4) is 0 Å². The molecule has 0 radical (unpaired) electrons. The standard InChI is InChI=1S/C13H21N3O2S/c1-9-11(12(17)18-3)19-13(15-9)14-8-10-6-4-5-7-16(10)2/h10H,4-8H2,1-3H3,(H,14,15). The van der Waals surface area contributed by atoms with E-state index in [-0.39, 0.29) is 5.97 Å². The lowest BCUT2D eigenvalue weighted by atomic mass is 10.0. The first-order valence-corrected chi connectivity index (χ1v) is 7.43. The molecule has 0 saturated carbocycles. The van der Waals surface area contributed by atoms with Gasteiger partial charge in [-0.15, -0.1) is 0 Å². The molecule has 1 fully saturated rings. The molecule has 0 aliphatic carbocycles. The van der Waals surface area contributed by atoms with Gasteiger partial charge in [-0.05, 0) is 33.4 Å². The number of carbonyl (C=O) groups excluding carboxylic acids is 1. The summed E-state index contributed by atoms with van der Waals surface area (Å²) in [6.45, 7) is 3.88.